The second kappa shape index (κ2) is 2.72. The second-order valence-electron chi connectivity index (χ2n) is 1.78. The van der Waals surface area contributed by atoms with E-state index in [0.29, 0.717) is 0 Å². The van der Waals surface area contributed by atoms with Gasteiger partial charge in [0.25, 0.3) is 0 Å². The number of hydrogen-bond donors (Lipinski definition) is 0. The van der Waals surface area contributed by atoms with Crippen molar-refractivity contribution >= 4 is 0 Å². The van der Waals surface area contributed by atoms with Crippen LogP contribution in [-0.4, -0.2) is 24.8 Å². The first kappa shape index (κ1) is 5.63. The van der Waals surface area contributed by atoms with Gasteiger partial charge in [-0.05, 0) is 19.2 Å². The quantitative estimate of drug-likeness (QED) is 0.537. The lowest BCUT2D eigenvalue weighted by Gasteiger charge is -2.24. The first-order valence-electron chi connectivity index (χ1n) is 2.92. The standard InChI is InChI=1S/C6H11NO/c1-2-8-6-7-4-3-5-7/h3-4H,2,5-6H2,1H3. The molecular formula is C6H11NO. The van der Waals surface area contributed by atoms with Gasteiger partial charge in [0.2, 0.25) is 0 Å². The highest BCUT2D eigenvalue weighted by atomic mass is 16.5. The topological polar surface area (TPSA) is 12.5 Å². The molecule has 8 heavy (non-hydrogen) atoms. The zero-order chi connectivity index (χ0) is 5.82. The van der Waals surface area contributed by atoms with Gasteiger partial charge in [-0.2, -0.15) is 0 Å². The van der Waals surface area contributed by atoms with Gasteiger partial charge in [0.05, 0.1) is 0 Å². The molecule has 0 radical (unpaired) electrons. The Balaban J connectivity index is 1.95. The van der Waals surface area contributed by atoms with Gasteiger partial charge in [-0.3, -0.25) is 0 Å². The molecule has 1 aliphatic heterocycles. The van der Waals surface area contributed by atoms with Crippen LogP contribution in [-0.2, 0) is 4.74 Å². The summed E-state index contributed by atoms with van der Waals surface area (Å²) < 4.78 is 5.11. The predicted molar refractivity (Wildman–Crippen MR) is 32.3 cm³/mol. The monoisotopic (exact) mass is 113 g/mol. The third-order valence-corrected chi connectivity index (χ3v) is 1.12. The van der Waals surface area contributed by atoms with Crippen LogP contribution in [0.15, 0.2) is 12.3 Å². The molecule has 0 saturated carbocycles. The van der Waals surface area contributed by atoms with Gasteiger partial charge < -0.3 is 9.64 Å². The summed E-state index contributed by atoms with van der Waals surface area (Å²) in [6, 6.07) is 0. The van der Waals surface area contributed by atoms with Gasteiger partial charge in [-0.25, -0.2) is 0 Å². The van der Waals surface area contributed by atoms with E-state index < -0.39 is 0 Å². The van der Waals surface area contributed by atoms with E-state index >= 15 is 0 Å². The summed E-state index contributed by atoms with van der Waals surface area (Å²) >= 11 is 0. The molecule has 0 fully saturated rings. The summed E-state index contributed by atoms with van der Waals surface area (Å²) in [5, 5.41) is 0. The molecule has 1 aliphatic rings. The summed E-state index contributed by atoms with van der Waals surface area (Å²) in [7, 11) is 0. The lowest BCUT2D eigenvalue weighted by Crippen LogP contribution is -2.26. The van der Waals surface area contributed by atoms with Crippen molar-refractivity contribution in [3.63, 3.8) is 0 Å². The number of nitrogens with zero attached hydrogens (tertiary/aromatic N) is 1. The first-order chi connectivity index (χ1) is 3.93. The van der Waals surface area contributed by atoms with E-state index in [9.17, 15) is 0 Å². The van der Waals surface area contributed by atoms with Crippen LogP contribution in [0.4, 0.5) is 0 Å². The molecule has 0 unspecified atom stereocenters. The molecule has 0 aromatic heterocycles. The third kappa shape index (κ3) is 1.23. The normalized spacial score (nSPS) is 16.4. The van der Waals surface area contributed by atoms with Gasteiger partial charge in [0, 0.05) is 13.2 Å². The zero-order valence-corrected chi connectivity index (χ0v) is 5.13. The molecule has 0 aromatic rings. The Kier molecular flexibility index (Phi) is 1.92. The van der Waals surface area contributed by atoms with E-state index in [1.54, 1.807) is 0 Å². The van der Waals surface area contributed by atoms with E-state index in [1.165, 1.54) is 0 Å². The fraction of sp³-hybridized carbons (Fsp3) is 0.667. The highest BCUT2D eigenvalue weighted by Crippen LogP contribution is 1.99. The zero-order valence-electron chi connectivity index (χ0n) is 5.13. The lowest BCUT2D eigenvalue weighted by atomic mass is 10.4. The summed E-state index contributed by atoms with van der Waals surface area (Å²) in [6.07, 6.45) is 4.15. The third-order valence-electron chi connectivity index (χ3n) is 1.12. The van der Waals surface area contributed by atoms with Crippen LogP contribution in [0, 0.1) is 0 Å². The molecule has 1 heterocycles. The van der Waals surface area contributed by atoms with E-state index in [1.807, 2.05) is 13.1 Å². The Morgan fingerprint density at radius 1 is 1.75 bits per heavy atom. The van der Waals surface area contributed by atoms with Crippen LogP contribution in [0.25, 0.3) is 0 Å². The van der Waals surface area contributed by atoms with E-state index in [-0.39, 0.29) is 0 Å². The first-order valence-corrected chi connectivity index (χ1v) is 2.92. The van der Waals surface area contributed by atoms with Crippen LogP contribution in [0.5, 0.6) is 0 Å². The smallest absolute Gasteiger partial charge is 0.118 e. The average Bonchev–Trinajstić information content (AvgIpc) is 1.63. The minimum atomic E-state index is 0.757. The Bertz CT molecular complexity index is 90.5. The molecule has 0 spiro atoms. The van der Waals surface area contributed by atoms with Crippen molar-refractivity contribution in [3.8, 4) is 0 Å². The maximum absolute atomic E-state index is 5.11. The van der Waals surface area contributed by atoms with E-state index in [2.05, 4.69) is 11.0 Å². The van der Waals surface area contributed by atoms with Crippen molar-refractivity contribution in [1.82, 2.24) is 4.90 Å². The van der Waals surface area contributed by atoms with Crippen molar-refractivity contribution in [2.45, 2.75) is 6.92 Å². The molecule has 1 rings (SSSR count). The summed E-state index contributed by atoms with van der Waals surface area (Å²) in [6.45, 7) is 4.63. The highest BCUT2D eigenvalue weighted by Gasteiger charge is 2.01. The molecule has 0 amide bonds. The number of rotatable bonds is 3. The Labute approximate surface area is 49.7 Å². The van der Waals surface area contributed by atoms with Crippen molar-refractivity contribution in [2.24, 2.45) is 0 Å². The largest absolute Gasteiger partial charge is 0.361 e. The van der Waals surface area contributed by atoms with Crippen molar-refractivity contribution in [2.75, 3.05) is 19.9 Å². The molecule has 46 valence electrons. The summed E-state index contributed by atoms with van der Waals surface area (Å²) in [4.78, 5) is 2.11. The number of hydrogen-bond acceptors (Lipinski definition) is 2. The van der Waals surface area contributed by atoms with Crippen molar-refractivity contribution in [3.05, 3.63) is 12.3 Å². The Hall–Kier alpha value is -0.500. The van der Waals surface area contributed by atoms with Gasteiger partial charge in [0.1, 0.15) is 6.73 Å². The Morgan fingerprint density at radius 2 is 2.50 bits per heavy atom. The minimum Gasteiger partial charge on any atom is -0.361 e. The summed E-state index contributed by atoms with van der Waals surface area (Å²) in [5.74, 6) is 0. The van der Waals surface area contributed by atoms with Crippen LogP contribution >= 0.6 is 0 Å². The highest BCUT2D eigenvalue weighted by molar-refractivity contribution is 4.95. The van der Waals surface area contributed by atoms with Crippen LogP contribution in [0.2, 0.25) is 0 Å². The fourth-order valence-electron chi connectivity index (χ4n) is 0.559. The average molecular weight is 113 g/mol. The van der Waals surface area contributed by atoms with Gasteiger partial charge in [-0.1, -0.05) is 0 Å². The lowest BCUT2D eigenvalue weighted by molar-refractivity contribution is 0.0599. The molecule has 0 bridgehead atoms. The molecule has 0 saturated heterocycles. The van der Waals surface area contributed by atoms with Crippen LogP contribution in [0.1, 0.15) is 6.92 Å². The van der Waals surface area contributed by atoms with Crippen LogP contribution < -0.4 is 0 Å². The van der Waals surface area contributed by atoms with Gasteiger partial charge in [-0.15, -0.1) is 0 Å². The molecule has 2 heteroatoms. The SMILES string of the molecule is CCOCN1C=CC1. The summed E-state index contributed by atoms with van der Waals surface area (Å²) in [5.41, 5.74) is 0. The minimum absolute atomic E-state index is 0.757. The van der Waals surface area contributed by atoms with E-state index in [0.717, 1.165) is 19.9 Å². The predicted octanol–water partition coefficient (Wildman–Crippen LogP) is 0.810. The molecule has 0 atom stereocenters. The molecule has 2 nitrogen and oxygen atoms in total. The molecule has 0 aromatic carbocycles. The molecule has 0 aliphatic carbocycles. The van der Waals surface area contributed by atoms with Crippen LogP contribution in [0.3, 0.4) is 0 Å². The second-order valence-corrected chi connectivity index (χ2v) is 1.78. The number of ether oxygens (including phenoxy) is 1. The fourth-order valence-corrected chi connectivity index (χ4v) is 0.559. The van der Waals surface area contributed by atoms with Gasteiger partial charge >= 0.3 is 0 Å². The van der Waals surface area contributed by atoms with E-state index in [4.69, 9.17) is 4.74 Å². The maximum Gasteiger partial charge on any atom is 0.118 e. The molecule has 0 N–H and O–H groups in total. The molecular weight excluding hydrogens is 102 g/mol. The maximum atomic E-state index is 5.11. The van der Waals surface area contributed by atoms with Gasteiger partial charge in [0.15, 0.2) is 0 Å². The Morgan fingerprint density at radius 3 is 2.88 bits per heavy atom. The van der Waals surface area contributed by atoms with Crippen molar-refractivity contribution < 1.29 is 4.74 Å². The van der Waals surface area contributed by atoms with Crippen molar-refractivity contribution in [1.29, 1.82) is 0 Å².